The van der Waals surface area contributed by atoms with Gasteiger partial charge in [0.25, 0.3) is 10.0 Å². The summed E-state index contributed by atoms with van der Waals surface area (Å²) in [6, 6.07) is 16.6. The number of aryl methyl sites for hydroxylation is 2. The number of halogens is 1. The van der Waals surface area contributed by atoms with Crippen molar-refractivity contribution in [1.82, 2.24) is 9.13 Å². The van der Waals surface area contributed by atoms with Crippen molar-refractivity contribution in [3.63, 3.8) is 0 Å². The fraction of sp³-hybridized carbons (Fsp3) is 0.0952. The van der Waals surface area contributed by atoms with Gasteiger partial charge in [0.1, 0.15) is 11.6 Å². The molecule has 0 aliphatic carbocycles. The van der Waals surface area contributed by atoms with E-state index < -0.39 is 15.8 Å². The number of anilines is 1. The van der Waals surface area contributed by atoms with Crippen LogP contribution in [0.4, 0.5) is 10.1 Å². The number of benzene rings is 3. The number of ether oxygens (including phenoxy) is 1. The second-order valence-corrected chi connectivity index (χ2v) is 8.40. The highest BCUT2D eigenvalue weighted by atomic mass is 32.2. The van der Waals surface area contributed by atoms with E-state index in [4.69, 9.17) is 4.74 Å². The minimum Gasteiger partial charge on any atom is -0.455 e. The Bertz CT molecular complexity index is 1410. The Morgan fingerprint density at radius 1 is 0.900 bits per heavy atom. The standard InChI is InChI=1S/C21H18FN3O4S/c1-24-18-12-17(23-30(27,28)16-10-6-7-14(22)11-16)20(13-19(18)25(2)21(24)26)29-15-8-4-3-5-9-15/h3-13,23H,1-2H3. The number of hydrogen-bond acceptors (Lipinski definition) is 4. The first-order chi connectivity index (χ1) is 14.3. The predicted octanol–water partition coefficient (Wildman–Crippen LogP) is 3.61. The van der Waals surface area contributed by atoms with Crippen molar-refractivity contribution in [2.75, 3.05) is 4.72 Å². The molecular weight excluding hydrogens is 409 g/mol. The molecule has 0 saturated carbocycles. The molecule has 1 heterocycles. The summed E-state index contributed by atoms with van der Waals surface area (Å²) in [6.45, 7) is 0. The largest absolute Gasteiger partial charge is 0.455 e. The third kappa shape index (κ3) is 3.55. The Labute approximate surface area is 172 Å². The zero-order chi connectivity index (χ0) is 21.5. The van der Waals surface area contributed by atoms with E-state index in [1.165, 1.54) is 27.3 Å². The van der Waals surface area contributed by atoms with Gasteiger partial charge in [0.05, 0.1) is 21.6 Å². The summed E-state index contributed by atoms with van der Waals surface area (Å²) in [7, 11) is -0.890. The number of para-hydroxylation sites is 1. The lowest BCUT2D eigenvalue weighted by Crippen LogP contribution is -2.19. The van der Waals surface area contributed by atoms with Crippen LogP contribution in [0.25, 0.3) is 11.0 Å². The van der Waals surface area contributed by atoms with E-state index in [1.807, 2.05) is 6.07 Å². The zero-order valence-corrected chi connectivity index (χ0v) is 17.0. The molecular formula is C21H18FN3O4S. The second kappa shape index (κ2) is 7.34. The van der Waals surface area contributed by atoms with Crippen LogP contribution in [0.15, 0.2) is 76.4 Å². The van der Waals surface area contributed by atoms with E-state index in [2.05, 4.69) is 4.72 Å². The number of nitrogens with zero attached hydrogens (tertiary/aromatic N) is 2. The molecule has 0 aliphatic heterocycles. The molecule has 0 aliphatic rings. The van der Waals surface area contributed by atoms with Crippen LogP contribution in [-0.2, 0) is 24.1 Å². The number of sulfonamides is 1. The topological polar surface area (TPSA) is 82.3 Å². The highest BCUT2D eigenvalue weighted by Crippen LogP contribution is 2.35. The maximum atomic E-state index is 13.6. The van der Waals surface area contributed by atoms with Crippen molar-refractivity contribution in [3.05, 3.63) is 83.0 Å². The van der Waals surface area contributed by atoms with Crippen molar-refractivity contribution >= 4 is 26.7 Å². The van der Waals surface area contributed by atoms with Crippen LogP contribution in [0.1, 0.15) is 0 Å². The van der Waals surface area contributed by atoms with E-state index in [9.17, 15) is 17.6 Å². The van der Waals surface area contributed by atoms with Crippen molar-refractivity contribution in [1.29, 1.82) is 0 Å². The number of imidazole rings is 1. The van der Waals surface area contributed by atoms with Crippen LogP contribution in [0.5, 0.6) is 11.5 Å². The summed E-state index contributed by atoms with van der Waals surface area (Å²) in [5, 5.41) is 0. The first-order valence-corrected chi connectivity index (χ1v) is 10.5. The summed E-state index contributed by atoms with van der Waals surface area (Å²) in [5.41, 5.74) is 0.944. The van der Waals surface area contributed by atoms with Gasteiger partial charge in [-0.3, -0.25) is 13.9 Å². The van der Waals surface area contributed by atoms with Crippen molar-refractivity contribution in [2.24, 2.45) is 14.1 Å². The summed E-state index contributed by atoms with van der Waals surface area (Å²) in [6.07, 6.45) is 0. The van der Waals surface area contributed by atoms with Gasteiger partial charge in [0.2, 0.25) is 0 Å². The fourth-order valence-corrected chi connectivity index (χ4v) is 4.24. The SMILES string of the molecule is Cn1c(=O)n(C)c2cc(Oc3ccccc3)c(NS(=O)(=O)c3cccc(F)c3)cc21. The molecule has 3 aromatic carbocycles. The van der Waals surface area contributed by atoms with Gasteiger partial charge in [0.15, 0.2) is 5.75 Å². The average molecular weight is 427 g/mol. The minimum atomic E-state index is -4.10. The Hall–Kier alpha value is -3.59. The van der Waals surface area contributed by atoms with Crippen molar-refractivity contribution in [2.45, 2.75) is 4.90 Å². The number of nitrogens with one attached hydrogen (secondary N) is 1. The average Bonchev–Trinajstić information content (AvgIpc) is 2.92. The summed E-state index contributed by atoms with van der Waals surface area (Å²) >= 11 is 0. The van der Waals surface area contributed by atoms with Gasteiger partial charge in [-0.15, -0.1) is 0 Å². The maximum absolute atomic E-state index is 13.6. The number of rotatable bonds is 5. The molecule has 0 atom stereocenters. The quantitative estimate of drug-likeness (QED) is 0.528. The van der Waals surface area contributed by atoms with Crippen LogP contribution in [0.2, 0.25) is 0 Å². The molecule has 0 fully saturated rings. The van der Waals surface area contributed by atoms with Crippen LogP contribution >= 0.6 is 0 Å². The Morgan fingerprint density at radius 3 is 2.23 bits per heavy atom. The number of fused-ring (bicyclic) bond motifs is 1. The highest BCUT2D eigenvalue weighted by molar-refractivity contribution is 7.92. The molecule has 1 N–H and O–H groups in total. The molecule has 0 unspecified atom stereocenters. The molecule has 1 aromatic heterocycles. The zero-order valence-electron chi connectivity index (χ0n) is 16.2. The van der Waals surface area contributed by atoms with E-state index in [0.717, 1.165) is 12.1 Å². The molecule has 0 amide bonds. The van der Waals surface area contributed by atoms with Gasteiger partial charge in [-0.1, -0.05) is 24.3 Å². The van der Waals surface area contributed by atoms with Gasteiger partial charge in [0, 0.05) is 20.2 Å². The van der Waals surface area contributed by atoms with Crippen LogP contribution in [-0.4, -0.2) is 17.6 Å². The molecule has 0 saturated heterocycles. The maximum Gasteiger partial charge on any atom is 0.328 e. The molecule has 154 valence electrons. The fourth-order valence-electron chi connectivity index (χ4n) is 3.14. The van der Waals surface area contributed by atoms with Gasteiger partial charge in [-0.05, 0) is 36.4 Å². The predicted molar refractivity (Wildman–Crippen MR) is 112 cm³/mol. The molecule has 0 bridgehead atoms. The number of hydrogen-bond donors (Lipinski definition) is 1. The third-order valence-electron chi connectivity index (χ3n) is 4.70. The summed E-state index contributed by atoms with van der Waals surface area (Å²) in [4.78, 5) is 12.1. The van der Waals surface area contributed by atoms with Crippen LogP contribution in [0, 0.1) is 5.82 Å². The molecule has 0 spiro atoms. The molecule has 30 heavy (non-hydrogen) atoms. The monoisotopic (exact) mass is 427 g/mol. The van der Waals surface area contributed by atoms with E-state index in [0.29, 0.717) is 16.8 Å². The molecule has 7 nitrogen and oxygen atoms in total. The Balaban J connectivity index is 1.87. The Kier molecular flexibility index (Phi) is 4.83. The second-order valence-electron chi connectivity index (χ2n) is 6.72. The smallest absolute Gasteiger partial charge is 0.328 e. The van der Waals surface area contributed by atoms with E-state index >= 15 is 0 Å². The van der Waals surface area contributed by atoms with Crippen molar-refractivity contribution < 1.29 is 17.5 Å². The third-order valence-corrected chi connectivity index (χ3v) is 6.06. The van der Waals surface area contributed by atoms with Gasteiger partial charge in [-0.2, -0.15) is 0 Å². The first kappa shape index (κ1) is 19.7. The van der Waals surface area contributed by atoms with Gasteiger partial charge in [-0.25, -0.2) is 17.6 Å². The summed E-state index contributed by atoms with van der Waals surface area (Å²) < 4.78 is 50.4. The van der Waals surface area contributed by atoms with Gasteiger partial charge < -0.3 is 4.74 Å². The number of aromatic nitrogens is 2. The molecule has 9 heteroatoms. The molecule has 4 aromatic rings. The molecule has 0 radical (unpaired) electrons. The summed E-state index contributed by atoms with van der Waals surface area (Å²) in [5.74, 6) is 0.0263. The first-order valence-electron chi connectivity index (χ1n) is 8.97. The van der Waals surface area contributed by atoms with Crippen LogP contribution < -0.4 is 15.1 Å². The van der Waals surface area contributed by atoms with Gasteiger partial charge >= 0.3 is 5.69 Å². The van der Waals surface area contributed by atoms with E-state index in [-0.39, 0.29) is 22.0 Å². The lowest BCUT2D eigenvalue weighted by atomic mass is 10.2. The van der Waals surface area contributed by atoms with Crippen molar-refractivity contribution in [3.8, 4) is 11.5 Å². The lowest BCUT2D eigenvalue weighted by molar-refractivity contribution is 0.485. The minimum absolute atomic E-state index is 0.122. The van der Waals surface area contributed by atoms with E-state index in [1.54, 1.807) is 44.4 Å². The Morgan fingerprint density at radius 2 is 1.57 bits per heavy atom. The normalized spacial score (nSPS) is 11.6. The van der Waals surface area contributed by atoms with Crippen LogP contribution in [0.3, 0.4) is 0 Å². The molecule has 4 rings (SSSR count). The highest BCUT2D eigenvalue weighted by Gasteiger charge is 2.20. The lowest BCUT2D eigenvalue weighted by Gasteiger charge is -2.14.